The van der Waals surface area contributed by atoms with Crippen LogP contribution in [0.4, 0.5) is 8.78 Å². The van der Waals surface area contributed by atoms with Gasteiger partial charge in [0.1, 0.15) is 17.7 Å². The normalized spacial score (nSPS) is 14.7. The molecule has 6 heteroatoms. The molecule has 0 aliphatic heterocycles. The van der Waals surface area contributed by atoms with Crippen molar-refractivity contribution in [2.24, 2.45) is 5.73 Å². The number of halogens is 2. The zero-order chi connectivity index (χ0) is 13.0. The van der Waals surface area contributed by atoms with Gasteiger partial charge in [-0.05, 0) is 30.7 Å². The molecule has 4 nitrogen and oxygen atoms in total. The van der Waals surface area contributed by atoms with Gasteiger partial charge >= 0.3 is 0 Å². The maximum atomic E-state index is 13.3. The predicted molar refractivity (Wildman–Crippen MR) is 56.9 cm³/mol. The summed E-state index contributed by atoms with van der Waals surface area (Å²) in [4.78, 5) is 0. The van der Waals surface area contributed by atoms with E-state index in [0.717, 1.165) is 12.1 Å². The second kappa shape index (κ2) is 6.02. The Balaban J connectivity index is 2.99. The number of aliphatic hydroxyl groups is 3. The highest BCUT2D eigenvalue weighted by Gasteiger charge is 2.20. The summed E-state index contributed by atoms with van der Waals surface area (Å²) in [6.07, 6.45) is -2.47. The first kappa shape index (κ1) is 14.0. The van der Waals surface area contributed by atoms with Gasteiger partial charge in [0.15, 0.2) is 0 Å². The van der Waals surface area contributed by atoms with Crippen LogP contribution >= 0.6 is 0 Å². The maximum absolute atomic E-state index is 13.3. The summed E-state index contributed by atoms with van der Waals surface area (Å²) in [7, 11) is 0. The molecule has 0 aliphatic carbocycles. The molecule has 0 aliphatic rings. The third-order valence-electron chi connectivity index (χ3n) is 2.49. The van der Waals surface area contributed by atoms with E-state index >= 15 is 0 Å². The third kappa shape index (κ3) is 3.19. The lowest BCUT2D eigenvalue weighted by atomic mass is 10.00. The van der Waals surface area contributed by atoms with Gasteiger partial charge in [0.05, 0.1) is 12.7 Å². The second-order valence-corrected chi connectivity index (χ2v) is 3.71. The van der Waals surface area contributed by atoms with E-state index < -0.39 is 36.0 Å². The summed E-state index contributed by atoms with van der Waals surface area (Å²) in [5.41, 5.74) is 4.65. The highest BCUT2D eigenvalue weighted by molar-refractivity contribution is 5.27. The predicted octanol–water partition coefficient (Wildman–Crippen LogP) is 0.200. The van der Waals surface area contributed by atoms with E-state index in [2.05, 4.69) is 0 Å². The first-order valence-corrected chi connectivity index (χ1v) is 5.16. The average molecular weight is 247 g/mol. The minimum absolute atomic E-state index is 0.0850. The van der Waals surface area contributed by atoms with Gasteiger partial charge in [-0.25, -0.2) is 8.78 Å². The molecule has 0 spiro atoms. The van der Waals surface area contributed by atoms with Crippen molar-refractivity contribution in [1.82, 2.24) is 0 Å². The summed E-state index contributed by atoms with van der Waals surface area (Å²) in [5.74, 6) is -1.91. The first-order chi connectivity index (χ1) is 8.01. The molecule has 0 heterocycles. The largest absolute Gasteiger partial charge is 0.391 e. The van der Waals surface area contributed by atoms with Crippen molar-refractivity contribution in [3.8, 4) is 0 Å². The van der Waals surface area contributed by atoms with E-state index in [4.69, 9.17) is 10.8 Å². The van der Waals surface area contributed by atoms with E-state index in [1.165, 1.54) is 0 Å². The van der Waals surface area contributed by atoms with Gasteiger partial charge in [0.25, 0.3) is 0 Å². The minimum Gasteiger partial charge on any atom is -0.391 e. The van der Waals surface area contributed by atoms with Crippen molar-refractivity contribution in [2.45, 2.75) is 25.2 Å². The quantitative estimate of drug-likeness (QED) is 0.598. The molecule has 0 aromatic heterocycles. The van der Waals surface area contributed by atoms with Crippen molar-refractivity contribution in [1.29, 1.82) is 0 Å². The lowest BCUT2D eigenvalue weighted by molar-refractivity contribution is 0.0146. The molecule has 0 fully saturated rings. The highest BCUT2D eigenvalue weighted by Crippen LogP contribution is 2.23. The number of nitrogens with two attached hydrogens (primary N) is 1. The molecule has 1 aromatic carbocycles. The van der Waals surface area contributed by atoms with Crippen LogP contribution < -0.4 is 5.73 Å². The molecule has 1 rings (SSSR count). The standard InChI is InChI=1S/C11H15F2NO3/c12-8-3-6(4-9(13)7(8)5-15)11(17)10(16)1-2-14/h3-4,10-11,15-17H,1-2,5,14H2. The molecule has 0 bridgehead atoms. The van der Waals surface area contributed by atoms with Crippen LogP contribution in [0.15, 0.2) is 12.1 Å². The Morgan fingerprint density at radius 2 is 1.71 bits per heavy atom. The molecule has 0 saturated heterocycles. The number of rotatable bonds is 5. The first-order valence-electron chi connectivity index (χ1n) is 5.16. The zero-order valence-corrected chi connectivity index (χ0v) is 9.11. The second-order valence-electron chi connectivity index (χ2n) is 3.71. The Kier molecular flexibility index (Phi) is 4.95. The van der Waals surface area contributed by atoms with Gasteiger partial charge < -0.3 is 21.1 Å². The van der Waals surface area contributed by atoms with Crippen LogP contribution in [0.2, 0.25) is 0 Å². The topological polar surface area (TPSA) is 86.7 Å². The summed E-state index contributed by atoms with van der Waals surface area (Å²) in [6.45, 7) is -0.614. The van der Waals surface area contributed by atoms with Crippen LogP contribution in [-0.4, -0.2) is 28.0 Å². The fraction of sp³-hybridized carbons (Fsp3) is 0.455. The molecule has 17 heavy (non-hydrogen) atoms. The van der Waals surface area contributed by atoms with Crippen molar-refractivity contribution in [3.63, 3.8) is 0 Å². The Morgan fingerprint density at radius 3 is 2.12 bits per heavy atom. The SMILES string of the molecule is NCCC(O)C(O)c1cc(F)c(CO)c(F)c1. The fourth-order valence-corrected chi connectivity index (χ4v) is 1.50. The molecule has 0 radical (unpaired) electrons. The molecular formula is C11H15F2NO3. The molecular weight excluding hydrogens is 232 g/mol. The van der Waals surface area contributed by atoms with Crippen molar-refractivity contribution < 1.29 is 24.1 Å². The zero-order valence-electron chi connectivity index (χ0n) is 9.11. The van der Waals surface area contributed by atoms with Crippen LogP contribution in [0, 0.1) is 11.6 Å². The van der Waals surface area contributed by atoms with E-state index in [0.29, 0.717) is 0 Å². The summed E-state index contributed by atoms with van der Waals surface area (Å²) in [6, 6.07) is 1.78. The molecule has 5 N–H and O–H groups in total. The van der Waals surface area contributed by atoms with Gasteiger partial charge in [-0.1, -0.05) is 0 Å². The lowest BCUT2D eigenvalue weighted by Crippen LogP contribution is -2.22. The van der Waals surface area contributed by atoms with Gasteiger partial charge in [-0.15, -0.1) is 0 Å². The van der Waals surface area contributed by atoms with Crippen LogP contribution in [0.3, 0.4) is 0 Å². The molecule has 96 valence electrons. The Morgan fingerprint density at radius 1 is 1.18 bits per heavy atom. The number of aliphatic hydroxyl groups excluding tert-OH is 3. The Bertz CT molecular complexity index is 364. The number of hydrogen-bond acceptors (Lipinski definition) is 4. The molecule has 0 amide bonds. The molecule has 2 atom stereocenters. The van der Waals surface area contributed by atoms with Crippen LogP contribution in [0.5, 0.6) is 0 Å². The van der Waals surface area contributed by atoms with E-state index in [-0.39, 0.29) is 18.5 Å². The Labute approximate surface area is 97.3 Å². The number of hydrogen-bond donors (Lipinski definition) is 4. The van der Waals surface area contributed by atoms with Crippen molar-refractivity contribution in [2.75, 3.05) is 6.54 Å². The molecule has 2 unspecified atom stereocenters. The summed E-state index contributed by atoms with van der Waals surface area (Å²) < 4.78 is 26.6. The third-order valence-corrected chi connectivity index (χ3v) is 2.49. The highest BCUT2D eigenvalue weighted by atomic mass is 19.1. The van der Waals surface area contributed by atoms with Gasteiger partial charge in [-0.3, -0.25) is 0 Å². The molecule has 0 saturated carbocycles. The molecule has 1 aromatic rings. The summed E-state index contributed by atoms with van der Waals surface area (Å²) >= 11 is 0. The fourth-order valence-electron chi connectivity index (χ4n) is 1.50. The maximum Gasteiger partial charge on any atom is 0.132 e. The lowest BCUT2D eigenvalue weighted by Gasteiger charge is -2.18. The Hall–Kier alpha value is -1.08. The smallest absolute Gasteiger partial charge is 0.132 e. The van der Waals surface area contributed by atoms with Gasteiger partial charge in [0.2, 0.25) is 0 Å². The average Bonchev–Trinajstić information content (AvgIpc) is 2.27. The van der Waals surface area contributed by atoms with Crippen LogP contribution in [-0.2, 0) is 6.61 Å². The summed E-state index contributed by atoms with van der Waals surface area (Å²) in [5, 5.41) is 27.8. The van der Waals surface area contributed by atoms with Crippen molar-refractivity contribution >= 4 is 0 Å². The minimum atomic E-state index is -1.41. The monoisotopic (exact) mass is 247 g/mol. The van der Waals surface area contributed by atoms with Crippen molar-refractivity contribution in [3.05, 3.63) is 34.9 Å². The van der Waals surface area contributed by atoms with Crippen LogP contribution in [0.25, 0.3) is 0 Å². The van der Waals surface area contributed by atoms with E-state index in [9.17, 15) is 19.0 Å². The van der Waals surface area contributed by atoms with Crippen LogP contribution in [0.1, 0.15) is 23.7 Å². The number of benzene rings is 1. The van der Waals surface area contributed by atoms with E-state index in [1.54, 1.807) is 0 Å². The van der Waals surface area contributed by atoms with E-state index in [1.807, 2.05) is 0 Å². The van der Waals surface area contributed by atoms with Gasteiger partial charge in [-0.2, -0.15) is 0 Å². The van der Waals surface area contributed by atoms with Gasteiger partial charge in [0, 0.05) is 5.56 Å².